The summed E-state index contributed by atoms with van der Waals surface area (Å²) in [5.74, 6) is -0.510. The van der Waals surface area contributed by atoms with Gasteiger partial charge >= 0.3 is 6.36 Å². The van der Waals surface area contributed by atoms with Crippen molar-refractivity contribution in [1.29, 1.82) is 0 Å². The molecule has 2 N–H and O–H groups in total. The molecule has 2 aromatic rings. The number of hydrogen-bond acceptors (Lipinski definition) is 4. The number of rotatable bonds is 6. The maximum Gasteiger partial charge on any atom is 0.573 e. The number of nitrogens with one attached hydrogen (secondary N) is 2. The van der Waals surface area contributed by atoms with E-state index in [0.29, 0.717) is 12.2 Å². The van der Waals surface area contributed by atoms with Crippen LogP contribution in [0.1, 0.15) is 4.88 Å². The lowest BCUT2D eigenvalue weighted by Crippen LogP contribution is -2.29. The normalized spacial score (nSPS) is 11.0. The van der Waals surface area contributed by atoms with Crippen molar-refractivity contribution >= 4 is 22.9 Å². The van der Waals surface area contributed by atoms with Crippen molar-refractivity contribution in [2.75, 3.05) is 11.9 Å². The van der Waals surface area contributed by atoms with Crippen LogP contribution in [-0.4, -0.2) is 18.8 Å². The first kappa shape index (κ1) is 16.2. The number of carbonyl (C=O) groups is 1. The van der Waals surface area contributed by atoms with Gasteiger partial charge in [0.2, 0.25) is 5.91 Å². The number of amides is 1. The number of ether oxygens (including phenoxy) is 1. The van der Waals surface area contributed by atoms with Crippen LogP contribution in [0, 0.1) is 0 Å². The smallest absolute Gasteiger partial charge is 0.406 e. The summed E-state index contributed by atoms with van der Waals surface area (Å²) in [6.45, 7) is 0.487. The Morgan fingerprint density at radius 1 is 1.18 bits per heavy atom. The Balaban J connectivity index is 1.75. The van der Waals surface area contributed by atoms with Gasteiger partial charge in [-0.25, -0.2) is 0 Å². The molecule has 0 radical (unpaired) electrons. The number of halogens is 3. The number of hydrogen-bond donors (Lipinski definition) is 2. The largest absolute Gasteiger partial charge is 0.573 e. The van der Waals surface area contributed by atoms with Crippen molar-refractivity contribution in [3.8, 4) is 5.75 Å². The maximum absolute atomic E-state index is 12.0. The van der Waals surface area contributed by atoms with Gasteiger partial charge in [-0.1, -0.05) is 6.07 Å². The summed E-state index contributed by atoms with van der Waals surface area (Å²) in [5, 5.41) is 7.47. The Kier molecular flexibility index (Phi) is 5.26. The minimum Gasteiger partial charge on any atom is -0.406 e. The molecule has 0 aliphatic heterocycles. The van der Waals surface area contributed by atoms with E-state index in [0.717, 1.165) is 4.88 Å². The Labute approximate surface area is 128 Å². The first-order valence-electron chi connectivity index (χ1n) is 6.31. The molecule has 2 rings (SSSR count). The first-order chi connectivity index (χ1) is 10.4. The minimum atomic E-state index is -4.71. The van der Waals surface area contributed by atoms with Gasteiger partial charge in [0.25, 0.3) is 0 Å². The van der Waals surface area contributed by atoms with Crippen LogP contribution in [-0.2, 0) is 11.3 Å². The predicted octanol–water partition coefficient (Wildman–Crippen LogP) is 3.38. The third kappa shape index (κ3) is 5.65. The molecule has 0 saturated carbocycles. The van der Waals surface area contributed by atoms with Crippen molar-refractivity contribution in [2.45, 2.75) is 12.9 Å². The Hall–Kier alpha value is -2.22. The summed E-state index contributed by atoms with van der Waals surface area (Å²) in [5.41, 5.74) is 0.529. The van der Waals surface area contributed by atoms with E-state index >= 15 is 0 Å². The molecule has 1 amide bonds. The van der Waals surface area contributed by atoms with Crippen LogP contribution in [0.3, 0.4) is 0 Å². The zero-order valence-electron chi connectivity index (χ0n) is 11.3. The molecule has 0 aliphatic rings. The van der Waals surface area contributed by atoms with E-state index in [2.05, 4.69) is 15.4 Å². The lowest BCUT2D eigenvalue weighted by molar-refractivity contribution is -0.274. The second-order valence-electron chi connectivity index (χ2n) is 4.28. The highest BCUT2D eigenvalue weighted by Crippen LogP contribution is 2.23. The molecule has 1 heterocycles. The maximum atomic E-state index is 12.0. The van der Waals surface area contributed by atoms with Crippen LogP contribution >= 0.6 is 11.3 Å². The van der Waals surface area contributed by atoms with Crippen LogP contribution in [0.25, 0.3) is 0 Å². The van der Waals surface area contributed by atoms with Crippen LogP contribution in [0.5, 0.6) is 5.75 Å². The molecule has 0 saturated heterocycles. The van der Waals surface area contributed by atoms with Gasteiger partial charge in [0.15, 0.2) is 0 Å². The van der Waals surface area contributed by atoms with E-state index in [4.69, 9.17) is 0 Å². The summed E-state index contributed by atoms with van der Waals surface area (Å²) < 4.78 is 39.8. The van der Waals surface area contributed by atoms with E-state index in [1.54, 1.807) is 11.3 Å². The van der Waals surface area contributed by atoms with E-state index in [-0.39, 0.29) is 18.2 Å². The second kappa shape index (κ2) is 7.17. The number of alkyl halides is 3. The summed E-state index contributed by atoms with van der Waals surface area (Å²) in [4.78, 5) is 12.7. The molecule has 0 atom stereocenters. The van der Waals surface area contributed by atoms with E-state index < -0.39 is 6.36 Å². The highest BCUT2D eigenvalue weighted by molar-refractivity contribution is 7.09. The first-order valence-corrected chi connectivity index (χ1v) is 7.19. The topological polar surface area (TPSA) is 50.4 Å². The molecule has 8 heteroatoms. The molecule has 22 heavy (non-hydrogen) atoms. The zero-order valence-corrected chi connectivity index (χ0v) is 12.1. The number of thiophene rings is 1. The predicted molar refractivity (Wildman–Crippen MR) is 77.8 cm³/mol. The van der Waals surface area contributed by atoms with Gasteiger partial charge in [0, 0.05) is 10.6 Å². The summed E-state index contributed by atoms with van der Waals surface area (Å²) in [6, 6.07) is 8.99. The van der Waals surface area contributed by atoms with Gasteiger partial charge in [-0.05, 0) is 35.7 Å². The summed E-state index contributed by atoms with van der Waals surface area (Å²) in [6.07, 6.45) is -4.71. The summed E-state index contributed by atoms with van der Waals surface area (Å²) in [7, 11) is 0. The van der Waals surface area contributed by atoms with E-state index in [1.165, 1.54) is 24.3 Å². The summed E-state index contributed by atoms with van der Waals surface area (Å²) >= 11 is 1.54. The Morgan fingerprint density at radius 2 is 1.91 bits per heavy atom. The van der Waals surface area contributed by atoms with Crippen molar-refractivity contribution in [3.63, 3.8) is 0 Å². The van der Waals surface area contributed by atoms with Crippen molar-refractivity contribution in [3.05, 3.63) is 46.7 Å². The molecule has 0 unspecified atom stereocenters. The fourth-order valence-corrected chi connectivity index (χ4v) is 2.26. The van der Waals surface area contributed by atoms with Crippen LogP contribution in [0.4, 0.5) is 18.9 Å². The quantitative estimate of drug-likeness (QED) is 0.854. The number of anilines is 1. The molecule has 1 aromatic carbocycles. The molecule has 118 valence electrons. The lowest BCUT2D eigenvalue weighted by Gasteiger charge is -2.10. The molecule has 0 aliphatic carbocycles. The fraction of sp³-hybridized carbons (Fsp3) is 0.214. The molecular weight excluding hydrogens is 317 g/mol. The van der Waals surface area contributed by atoms with Gasteiger partial charge in [-0.3, -0.25) is 4.79 Å². The van der Waals surface area contributed by atoms with Gasteiger partial charge in [-0.2, -0.15) is 0 Å². The molecule has 0 bridgehead atoms. The lowest BCUT2D eigenvalue weighted by atomic mass is 10.3. The molecule has 4 nitrogen and oxygen atoms in total. The van der Waals surface area contributed by atoms with Gasteiger partial charge < -0.3 is 15.4 Å². The third-order valence-electron chi connectivity index (χ3n) is 2.58. The minimum absolute atomic E-state index is 0.0326. The van der Waals surface area contributed by atoms with Crippen molar-refractivity contribution < 1.29 is 22.7 Å². The van der Waals surface area contributed by atoms with Gasteiger partial charge in [-0.15, -0.1) is 24.5 Å². The SMILES string of the molecule is O=C(CNc1ccc(OC(F)(F)F)cc1)NCc1cccs1. The zero-order chi connectivity index (χ0) is 16.0. The molecule has 1 aromatic heterocycles. The second-order valence-corrected chi connectivity index (χ2v) is 5.31. The highest BCUT2D eigenvalue weighted by Gasteiger charge is 2.30. The van der Waals surface area contributed by atoms with E-state index in [1.807, 2.05) is 17.5 Å². The van der Waals surface area contributed by atoms with Crippen molar-refractivity contribution in [2.24, 2.45) is 0 Å². The number of carbonyl (C=O) groups excluding carboxylic acids is 1. The van der Waals surface area contributed by atoms with E-state index in [9.17, 15) is 18.0 Å². The third-order valence-corrected chi connectivity index (χ3v) is 3.46. The molecule has 0 fully saturated rings. The highest BCUT2D eigenvalue weighted by atomic mass is 32.1. The Bertz CT molecular complexity index is 598. The molecule has 0 spiro atoms. The Morgan fingerprint density at radius 3 is 2.50 bits per heavy atom. The monoisotopic (exact) mass is 330 g/mol. The fourth-order valence-electron chi connectivity index (χ4n) is 1.62. The van der Waals surface area contributed by atoms with Gasteiger partial charge in [0.1, 0.15) is 5.75 Å². The van der Waals surface area contributed by atoms with Gasteiger partial charge in [0.05, 0.1) is 13.1 Å². The molecular formula is C14H13F3N2O2S. The van der Waals surface area contributed by atoms with Crippen LogP contribution in [0.15, 0.2) is 41.8 Å². The average Bonchev–Trinajstić information content (AvgIpc) is 2.96. The average molecular weight is 330 g/mol. The van der Waals surface area contributed by atoms with Crippen molar-refractivity contribution in [1.82, 2.24) is 5.32 Å². The standard InChI is InChI=1S/C14H13F3N2O2S/c15-14(16,17)21-11-5-3-10(4-6-11)18-9-13(20)19-8-12-2-1-7-22-12/h1-7,18H,8-9H2,(H,19,20). The number of benzene rings is 1. The van der Waals surface area contributed by atoms with Crippen LogP contribution in [0.2, 0.25) is 0 Å². The van der Waals surface area contributed by atoms with Crippen LogP contribution < -0.4 is 15.4 Å².